The van der Waals surface area contributed by atoms with Gasteiger partial charge < -0.3 is 19.3 Å². The topological polar surface area (TPSA) is 47.9 Å². The molecule has 2 aromatic rings. The van der Waals surface area contributed by atoms with Crippen molar-refractivity contribution in [1.29, 1.82) is 0 Å². The van der Waals surface area contributed by atoms with Crippen LogP contribution in [0.25, 0.3) is 0 Å². The van der Waals surface area contributed by atoms with Crippen LogP contribution in [0.15, 0.2) is 60.7 Å². The molecule has 0 bridgehead atoms. The van der Waals surface area contributed by atoms with E-state index < -0.39 is 0 Å². The number of methoxy groups -OCH3 is 1. The highest BCUT2D eigenvalue weighted by molar-refractivity contribution is 5.16. The third kappa shape index (κ3) is 6.42. The molecule has 0 heterocycles. The fourth-order valence-electron chi connectivity index (χ4n) is 2.58. The van der Waals surface area contributed by atoms with Crippen LogP contribution >= 0.6 is 0 Å². The van der Waals surface area contributed by atoms with Crippen LogP contribution in [0.2, 0.25) is 0 Å². The Kier molecular flexibility index (Phi) is 8.49. The third-order valence-corrected chi connectivity index (χ3v) is 3.81. The van der Waals surface area contributed by atoms with E-state index >= 15 is 0 Å². The maximum atomic E-state index is 9.36. The highest BCUT2D eigenvalue weighted by Crippen LogP contribution is 2.17. The smallest absolute Gasteiger partial charge is 0.146 e. The Bertz CT molecular complexity index is 544. The van der Waals surface area contributed by atoms with Gasteiger partial charge in [0, 0.05) is 20.1 Å². The summed E-state index contributed by atoms with van der Waals surface area (Å²) in [6.45, 7) is 0.746. The fraction of sp³-hybridized carbons (Fsp3) is 0.400. The summed E-state index contributed by atoms with van der Waals surface area (Å²) in [4.78, 5) is 0. The van der Waals surface area contributed by atoms with E-state index in [1.165, 1.54) is 5.56 Å². The highest BCUT2D eigenvalue weighted by Gasteiger charge is 2.23. The van der Waals surface area contributed by atoms with E-state index in [-0.39, 0.29) is 25.6 Å². The maximum Gasteiger partial charge on any atom is 0.146 e. The van der Waals surface area contributed by atoms with Crippen LogP contribution in [0.3, 0.4) is 0 Å². The first-order valence-corrected chi connectivity index (χ1v) is 8.24. The van der Waals surface area contributed by atoms with Crippen molar-refractivity contribution < 1.29 is 19.3 Å². The molecular weight excluding hydrogens is 304 g/mol. The number of aliphatic hydroxyl groups excluding tert-OH is 1. The quantitative estimate of drug-likeness (QED) is 0.643. The molecule has 1 N–H and O–H groups in total. The molecule has 0 spiro atoms. The number of hydrogen-bond donors (Lipinski definition) is 1. The van der Waals surface area contributed by atoms with Gasteiger partial charge in [0.05, 0.1) is 18.8 Å². The Labute approximate surface area is 144 Å². The van der Waals surface area contributed by atoms with E-state index in [1.54, 1.807) is 7.11 Å². The Balaban J connectivity index is 2.06. The second-order valence-electron chi connectivity index (χ2n) is 5.65. The van der Waals surface area contributed by atoms with Crippen molar-refractivity contribution in [1.82, 2.24) is 0 Å². The molecule has 2 aromatic carbocycles. The minimum atomic E-state index is -0.223. The molecule has 0 aliphatic rings. The minimum Gasteiger partial charge on any atom is -0.396 e. The molecule has 0 fully saturated rings. The summed E-state index contributed by atoms with van der Waals surface area (Å²) in [5.74, 6) is 0. The van der Waals surface area contributed by atoms with Gasteiger partial charge in [0.15, 0.2) is 0 Å². The molecule has 0 amide bonds. The van der Waals surface area contributed by atoms with Crippen LogP contribution in [0.4, 0.5) is 0 Å². The van der Waals surface area contributed by atoms with Crippen molar-refractivity contribution in [3.8, 4) is 0 Å². The van der Waals surface area contributed by atoms with E-state index in [0.29, 0.717) is 13.0 Å². The molecule has 2 atom stereocenters. The molecule has 0 saturated carbocycles. The van der Waals surface area contributed by atoms with E-state index in [4.69, 9.17) is 14.2 Å². The van der Waals surface area contributed by atoms with Crippen LogP contribution < -0.4 is 0 Å². The van der Waals surface area contributed by atoms with Crippen LogP contribution in [0, 0.1) is 0 Å². The molecule has 4 heteroatoms. The van der Waals surface area contributed by atoms with Crippen molar-refractivity contribution in [2.75, 3.05) is 20.5 Å². The van der Waals surface area contributed by atoms with Crippen LogP contribution in [0.1, 0.15) is 17.5 Å². The molecule has 0 radical (unpaired) electrons. The minimum absolute atomic E-state index is 0.0500. The predicted molar refractivity (Wildman–Crippen MR) is 93.6 cm³/mol. The average molecular weight is 330 g/mol. The maximum absolute atomic E-state index is 9.36. The lowest BCUT2D eigenvalue weighted by molar-refractivity contribution is -0.136. The molecule has 0 saturated heterocycles. The Morgan fingerprint density at radius 3 is 2.04 bits per heavy atom. The summed E-state index contributed by atoms with van der Waals surface area (Å²) in [5.41, 5.74) is 2.30. The van der Waals surface area contributed by atoms with Gasteiger partial charge in [-0.2, -0.15) is 0 Å². The van der Waals surface area contributed by atoms with Crippen molar-refractivity contribution in [3.63, 3.8) is 0 Å². The second kappa shape index (κ2) is 10.9. The second-order valence-corrected chi connectivity index (χ2v) is 5.65. The third-order valence-electron chi connectivity index (χ3n) is 3.81. The van der Waals surface area contributed by atoms with Gasteiger partial charge in [-0.15, -0.1) is 0 Å². The van der Waals surface area contributed by atoms with E-state index in [1.807, 2.05) is 48.5 Å². The summed E-state index contributed by atoms with van der Waals surface area (Å²) in [6.07, 6.45) is 0.853. The monoisotopic (exact) mass is 330 g/mol. The Morgan fingerprint density at radius 1 is 0.833 bits per heavy atom. The molecular formula is C20H26O4. The average Bonchev–Trinajstić information content (AvgIpc) is 2.64. The molecule has 0 aliphatic carbocycles. The standard InChI is InChI=1S/C20H26O4/c1-22-16-24-19(12-13-21)20(14-17-8-4-2-5-9-17)23-15-18-10-6-3-7-11-18/h2-11,19-21H,12-16H2,1H3/t19-,20+/m0/s1. The van der Waals surface area contributed by atoms with Gasteiger partial charge in [0.2, 0.25) is 0 Å². The Morgan fingerprint density at radius 2 is 1.46 bits per heavy atom. The summed E-state index contributed by atoms with van der Waals surface area (Å²) < 4.78 is 16.9. The first kappa shape index (κ1) is 18.6. The zero-order valence-corrected chi connectivity index (χ0v) is 14.1. The van der Waals surface area contributed by atoms with Crippen LogP contribution in [-0.4, -0.2) is 37.8 Å². The zero-order chi connectivity index (χ0) is 17.0. The SMILES string of the molecule is COCO[C@@H](CCO)[C@@H](Cc1ccccc1)OCc1ccccc1. The summed E-state index contributed by atoms with van der Waals surface area (Å²) >= 11 is 0. The summed E-state index contributed by atoms with van der Waals surface area (Å²) in [5, 5.41) is 9.36. The lowest BCUT2D eigenvalue weighted by Crippen LogP contribution is -2.35. The molecule has 0 aromatic heterocycles. The number of rotatable bonds is 11. The summed E-state index contributed by atoms with van der Waals surface area (Å²) in [7, 11) is 1.59. The van der Waals surface area contributed by atoms with Crippen molar-refractivity contribution in [3.05, 3.63) is 71.8 Å². The van der Waals surface area contributed by atoms with Gasteiger partial charge in [0.25, 0.3) is 0 Å². The lowest BCUT2D eigenvalue weighted by atomic mass is 10.0. The van der Waals surface area contributed by atoms with Crippen molar-refractivity contribution >= 4 is 0 Å². The number of ether oxygens (including phenoxy) is 3. The largest absolute Gasteiger partial charge is 0.396 e. The van der Waals surface area contributed by atoms with Gasteiger partial charge in [0.1, 0.15) is 6.79 Å². The first-order chi connectivity index (χ1) is 11.8. The fourth-order valence-corrected chi connectivity index (χ4v) is 2.58. The van der Waals surface area contributed by atoms with Gasteiger partial charge in [-0.05, 0) is 17.5 Å². The molecule has 130 valence electrons. The van der Waals surface area contributed by atoms with Crippen molar-refractivity contribution in [2.45, 2.75) is 31.7 Å². The summed E-state index contributed by atoms with van der Waals surface area (Å²) in [6, 6.07) is 20.2. The zero-order valence-electron chi connectivity index (χ0n) is 14.1. The van der Waals surface area contributed by atoms with Crippen LogP contribution in [-0.2, 0) is 27.2 Å². The van der Waals surface area contributed by atoms with Gasteiger partial charge in [-0.25, -0.2) is 0 Å². The van der Waals surface area contributed by atoms with Gasteiger partial charge >= 0.3 is 0 Å². The Hall–Kier alpha value is -1.72. The number of benzene rings is 2. The normalized spacial score (nSPS) is 13.6. The molecule has 0 unspecified atom stereocenters. The van der Waals surface area contributed by atoms with E-state index in [0.717, 1.165) is 12.0 Å². The lowest BCUT2D eigenvalue weighted by Gasteiger charge is -2.27. The predicted octanol–water partition coefficient (Wildman–Crippen LogP) is 3.19. The van der Waals surface area contributed by atoms with Crippen LogP contribution in [0.5, 0.6) is 0 Å². The molecule has 2 rings (SSSR count). The number of aliphatic hydroxyl groups is 1. The number of hydrogen-bond acceptors (Lipinski definition) is 4. The molecule has 0 aliphatic heterocycles. The van der Waals surface area contributed by atoms with Gasteiger partial charge in [-0.3, -0.25) is 0 Å². The molecule has 4 nitrogen and oxygen atoms in total. The first-order valence-electron chi connectivity index (χ1n) is 8.24. The van der Waals surface area contributed by atoms with Crippen molar-refractivity contribution in [2.24, 2.45) is 0 Å². The van der Waals surface area contributed by atoms with E-state index in [9.17, 15) is 5.11 Å². The van der Waals surface area contributed by atoms with Gasteiger partial charge in [-0.1, -0.05) is 60.7 Å². The highest BCUT2D eigenvalue weighted by atomic mass is 16.7. The van der Waals surface area contributed by atoms with E-state index in [2.05, 4.69) is 12.1 Å². The molecule has 24 heavy (non-hydrogen) atoms.